The molecule has 0 radical (unpaired) electrons. The molecule has 6 heteroatoms. The lowest BCUT2D eigenvalue weighted by Gasteiger charge is -2.10. The van der Waals surface area contributed by atoms with Crippen molar-refractivity contribution in [3.8, 4) is 11.4 Å². The molecule has 4 aromatic heterocycles. The van der Waals surface area contributed by atoms with Crippen LogP contribution in [0.2, 0.25) is 0 Å². The predicted octanol–water partition coefficient (Wildman–Crippen LogP) is 9.08. The third-order valence-corrected chi connectivity index (χ3v) is 9.13. The van der Waals surface area contributed by atoms with Crippen molar-refractivity contribution >= 4 is 55.7 Å². The summed E-state index contributed by atoms with van der Waals surface area (Å²) in [4.78, 5) is 10.3. The van der Waals surface area contributed by atoms with Crippen LogP contribution in [0, 0.1) is 6.85 Å². The second-order valence-electron chi connectivity index (χ2n) is 11.8. The Morgan fingerprint density at radius 2 is 1.02 bits per heavy atom. The third-order valence-electron chi connectivity index (χ3n) is 9.13. The molecule has 0 saturated heterocycles. The molecule has 4 heterocycles. The fourth-order valence-corrected chi connectivity index (χ4v) is 7.15. The highest BCUT2D eigenvalue weighted by Gasteiger charge is 2.21. The molecule has 46 heavy (non-hydrogen) atoms. The van der Waals surface area contributed by atoms with Crippen molar-refractivity contribution in [3.63, 3.8) is 0 Å². The summed E-state index contributed by atoms with van der Waals surface area (Å²) >= 11 is 0. The Labute approximate surface area is 268 Å². The summed E-state index contributed by atoms with van der Waals surface area (Å²) in [5.41, 5.74) is 11.9. The van der Waals surface area contributed by atoms with Crippen molar-refractivity contribution in [2.45, 2.75) is 13.3 Å². The van der Waals surface area contributed by atoms with Gasteiger partial charge in [0.25, 0.3) is 0 Å². The van der Waals surface area contributed by atoms with Crippen LogP contribution in [-0.2, 0) is 6.42 Å². The summed E-state index contributed by atoms with van der Waals surface area (Å²) in [6.07, 6.45) is 0.796. The Bertz CT molecular complexity index is 2910. The number of benzene rings is 6. The van der Waals surface area contributed by atoms with Gasteiger partial charge in [0.05, 0.1) is 55.5 Å². The zero-order valence-corrected chi connectivity index (χ0v) is 24.7. The van der Waals surface area contributed by atoms with E-state index in [1.165, 1.54) is 11.1 Å². The summed E-state index contributed by atoms with van der Waals surface area (Å²) in [7, 11) is 0. The van der Waals surface area contributed by atoms with Crippen molar-refractivity contribution in [2.24, 2.45) is 0 Å². The number of aryl methyl sites for hydroxylation is 1. The van der Waals surface area contributed by atoms with E-state index in [-0.39, 0.29) is 5.56 Å². The van der Waals surface area contributed by atoms with Crippen LogP contribution < -0.4 is 0 Å². The Morgan fingerprint density at radius 1 is 0.500 bits per heavy atom. The molecule has 0 atom stereocenters. The first-order valence-corrected chi connectivity index (χ1v) is 15.4. The van der Waals surface area contributed by atoms with E-state index in [1.54, 1.807) is 12.1 Å². The molecule has 0 fully saturated rings. The highest BCUT2D eigenvalue weighted by atomic mass is 15.2. The summed E-state index contributed by atoms with van der Waals surface area (Å²) in [6.45, 7) is -2.28. The smallest absolute Gasteiger partial charge is 0.220 e. The van der Waals surface area contributed by atoms with Gasteiger partial charge < -0.3 is 0 Å². The van der Waals surface area contributed by atoms with Crippen LogP contribution in [0.4, 0.5) is 0 Å². The van der Waals surface area contributed by atoms with E-state index in [2.05, 4.69) is 121 Å². The Hall–Kier alpha value is -6.14. The quantitative estimate of drug-likeness (QED) is 0.204. The number of hydrogen-bond acceptors (Lipinski definition) is 2. The molecule has 6 aromatic carbocycles. The maximum absolute atomic E-state index is 8.18. The molecule has 0 aliphatic carbocycles. The Kier molecular flexibility index (Phi) is 4.59. The standard InChI is InChI=1S/C40H28N6/c1-26-12-9-22-35-37(26)41-39-43(31-18-5-7-20-33(31)45(35)39)29-16-11-17-30(25-29)44-32-19-6-8-21-34(32)46-36-23-10-15-28(38(36)42-40(44)46)24-27-13-3-2-4-14-27/h2-23,25H,24H2,1H3/i1D3. The van der Waals surface area contributed by atoms with Crippen LogP contribution in [0.3, 0.4) is 0 Å². The van der Waals surface area contributed by atoms with Crippen molar-refractivity contribution in [2.75, 3.05) is 0 Å². The second kappa shape index (κ2) is 9.43. The number of aromatic nitrogens is 6. The number of imidazole rings is 4. The summed E-state index contributed by atoms with van der Waals surface area (Å²) in [6, 6.07) is 47.3. The van der Waals surface area contributed by atoms with Crippen molar-refractivity contribution < 1.29 is 4.11 Å². The Balaban J connectivity index is 1.22. The van der Waals surface area contributed by atoms with Crippen LogP contribution in [0.15, 0.2) is 140 Å². The van der Waals surface area contributed by atoms with Gasteiger partial charge >= 0.3 is 0 Å². The van der Waals surface area contributed by atoms with Crippen LogP contribution in [0.5, 0.6) is 0 Å². The minimum atomic E-state index is -2.28. The van der Waals surface area contributed by atoms with Gasteiger partial charge in [-0.3, -0.25) is 17.9 Å². The average Bonchev–Trinajstić information content (AvgIpc) is 3.85. The molecule has 0 N–H and O–H groups in total. The van der Waals surface area contributed by atoms with E-state index < -0.39 is 6.85 Å². The summed E-state index contributed by atoms with van der Waals surface area (Å²) in [5.74, 6) is 1.50. The maximum atomic E-state index is 8.18. The van der Waals surface area contributed by atoms with Gasteiger partial charge in [-0.05, 0) is 84.6 Å². The van der Waals surface area contributed by atoms with Crippen LogP contribution in [0.25, 0.3) is 67.1 Å². The first kappa shape index (κ1) is 22.4. The molecule has 0 aliphatic heterocycles. The monoisotopic (exact) mass is 595 g/mol. The summed E-state index contributed by atoms with van der Waals surface area (Å²) < 4.78 is 33.2. The predicted molar refractivity (Wildman–Crippen MR) is 187 cm³/mol. The van der Waals surface area contributed by atoms with E-state index in [9.17, 15) is 0 Å². The SMILES string of the molecule is [2H]C([2H])([2H])c1cccc2c1nc1n(-c3cccc(-n4c5ccccc5n5c6cccc(Cc7ccccc7)c6nc45)c3)c3ccccc3n21. The molecule has 10 aromatic rings. The molecule has 218 valence electrons. The van der Waals surface area contributed by atoms with E-state index in [1.807, 2.05) is 24.3 Å². The van der Waals surface area contributed by atoms with Gasteiger partial charge in [0.2, 0.25) is 11.6 Å². The lowest BCUT2D eigenvalue weighted by molar-refractivity contribution is 1.07. The Morgan fingerprint density at radius 3 is 1.67 bits per heavy atom. The van der Waals surface area contributed by atoms with Crippen molar-refractivity contribution in [1.29, 1.82) is 0 Å². The lowest BCUT2D eigenvalue weighted by Crippen LogP contribution is -2.00. The number of nitrogens with zero attached hydrogens (tertiary/aromatic N) is 6. The molecule has 6 nitrogen and oxygen atoms in total. The molecular formula is C40H28N6. The molecule has 0 aliphatic rings. The van der Waals surface area contributed by atoms with Gasteiger partial charge in [0.15, 0.2) is 0 Å². The normalized spacial score (nSPS) is 13.3. The van der Waals surface area contributed by atoms with Crippen LogP contribution in [-0.4, -0.2) is 27.9 Å². The third kappa shape index (κ3) is 3.46. The van der Waals surface area contributed by atoms with Gasteiger partial charge in [0, 0.05) is 4.11 Å². The molecule has 0 bridgehead atoms. The van der Waals surface area contributed by atoms with Crippen molar-refractivity contribution in [3.05, 3.63) is 156 Å². The molecule has 0 amide bonds. The maximum Gasteiger partial charge on any atom is 0.220 e. The number of rotatable bonds is 4. The minimum absolute atomic E-state index is 0.247. The van der Waals surface area contributed by atoms with Gasteiger partial charge in [0.1, 0.15) is 0 Å². The molecule has 0 saturated carbocycles. The number of para-hydroxylation sites is 6. The fraction of sp³-hybridized carbons (Fsp3) is 0.0500. The number of fused-ring (bicyclic) bond motifs is 10. The van der Waals surface area contributed by atoms with Gasteiger partial charge in [-0.25, -0.2) is 9.97 Å². The molecule has 10 rings (SSSR count). The zero-order valence-electron chi connectivity index (χ0n) is 27.7. The largest absolute Gasteiger partial charge is 0.278 e. The first-order chi connectivity index (χ1) is 24.0. The van der Waals surface area contributed by atoms with Gasteiger partial charge in [-0.15, -0.1) is 0 Å². The van der Waals surface area contributed by atoms with E-state index >= 15 is 0 Å². The molecular weight excluding hydrogens is 564 g/mol. The minimum Gasteiger partial charge on any atom is -0.278 e. The van der Waals surface area contributed by atoms with E-state index in [4.69, 9.17) is 14.1 Å². The van der Waals surface area contributed by atoms with Gasteiger partial charge in [-0.1, -0.05) is 84.9 Å². The second-order valence-corrected chi connectivity index (χ2v) is 11.8. The number of hydrogen-bond donors (Lipinski definition) is 0. The highest BCUT2D eigenvalue weighted by molar-refractivity contribution is 5.95. The first-order valence-electron chi connectivity index (χ1n) is 16.9. The van der Waals surface area contributed by atoms with E-state index in [0.717, 1.165) is 62.2 Å². The fourth-order valence-electron chi connectivity index (χ4n) is 7.15. The zero-order chi connectivity index (χ0) is 32.9. The highest BCUT2D eigenvalue weighted by Crippen LogP contribution is 2.34. The van der Waals surface area contributed by atoms with Crippen LogP contribution in [0.1, 0.15) is 20.8 Å². The topological polar surface area (TPSA) is 44.5 Å². The van der Waals surface area contributed by atoms with Crippen molar-refractivity contribution in [1.82, 2.24) is 27.9 Å². The molecule has 0 spiro atoms. The average molecular weight is 596 g/mol. The lowest BCUT2D eigenvalue weighted by atomic mass is 10.0. The van der Waals surface area contributed by atoms with Crippen LogP contribution >= 0.6 is 0 Å². The van der Waals surface area contributed by atoms with Gasteiger partial charge in [-0.2, -0.15) is 0 Å². The summed E-state index contributed by atoms with van der Waals surface area (Å²) in [5, 5.41) is 0. The molecule has 0 unspecified atom stereocenters. The van der Waals surface area contributed by atoms with E-state index in [0.29, 0.717) is 11.3 Å².